The van der Waals surface area contributed by atoms with Gasteiger partial charge in [0, 0.05) is 19.2 Å². The van der Waals surface area contributed by atoms with Gasteiger partial charge >= 0.3 is 5.97 Å². The van der Waals surface area contributed by atoms with E-state index in [9.17, 15) is 23.3 Å². The third kappa shape index (κ3) is 5.12. The zero-order valence-electron chi connectivity index (χ0n) is 11.7. The molecule has 0 fully saturated rings. The Bertz CT molecular complexity index is 628. The molecular formula is C12H16N2O6S. The normalized spacial score (nSPS) is 11.4. The van der Waals surface area contributed by atoms with E-state index in [1.165, 1.54) is 31.3 Å². The van der Waals surface area contributed by atoms with Crippen LogP contribution in [0.25, 0.3) is 0 Å². The summed E-state index contributed by atoms with van der Waals surface area (Å²) >= 11 is 0. The molecule has 1 aromatic rings. The van der Waals surface area contributed by atoms with Crippen molar-refractivity contribution in [3.8, 4) is 0 Å². The van der Waals surface area contributed by atoms with Crippen molar-refractivity contribution in [1.29, 1.82) is 0 Å². The van der Waals surface area contributed by atoms with Crippen molar-refractivity contribution in [2.24, 2.45) is 0 Å². The van der Waals surface area contributed by atoms with Gasteiger partial charge in [0.05, 0.1) is 17.3 Å². The Morgan fingerprint density at radius 3 is 2.67 bits per heavy atom. The Morgan fingerprint density at radius 1 is 1.43 bits per heavy atom. The highest BCUT2D eigenvalue weighted by Gasteiger charge is 2.22. The van der Waals surface area contributed by atoms with Crippen molar-refractivity contribution in [3.63, 3.8) is 0 Å². The lowest BCUT2D eigenvalue weighted by atomic mass is 10.2. The molecule has 0 bridgehead atoms. The van der Waals surface area contributed by atoms with Crippen LogP contribution >= 0.6 is 0 Å². The number of hydrogen-bond acceptors (Lipinski definition) is 6. The van der Waals surface area contributed by atoms with Crippen molar-refractivity contribution in [3.05, 3.63) is 39.9 Å². The van der Waals surface area contributed by atoms with Crippen LogP contribution in [0.5, 0.6) is 0 Å². The Hall–Kier alpha value is -2.00. The van der Waals surface area contributed by atoms with Crippen LogP contribution in [0.1, 0.15) is 12.5 Å². The number of benzene rings is 1. The third-order valence-electron chi connectivity index (χ3n) is 2.60. The van der Waals surface area contributed by atoms with E-state index in [1.54, 1.807) is 6.92 Å². The maximum atomic E-state index is 12.1. The predicted molar refractivity (Wildman–Crippen MR) is 75.0 cm³/mol. The summed E-state index contributed by atoms with van der Waals surface area (Å²) in [7, 11) is -2.51. The quantitative estimate of drug-likeness (QED) is 0.420. The molecule has 0 aliphatic heterocycles. The second-order valence-electron chi connectivity index (χ2n) is 4.24. The molecule has 0 aromatic heterocycles. The van der Waals surface area contributed by atoms with Gasteiger partial charge in [-0.05, 0) is 12.5 Å². The number of nitrogens with zero attached hydrogens (tertiary/aromatic N) is 2. The highest BCUT2D eigenvalue weighted by molar-refractivity contribution is 7.88. The SMILES string of the molecule is CCOC(=O)CN(C)S(=O)(=O)Cc1cccc([N+](=O)[O-])c1. The number of nitro groups is 1. The molecule has 0 aliphatic carbocycles. The van der Waals surface area contributed by atoms with E-state index >= 15 is 0 Å². The Balaban J connectivity index is 2.82. The number of rotatable bonds is 7. The molecule has 8 nitrogen and oxygen atoms in total. The average molecular weight is 316 g/mol. The fourth-order valence-corrected chi connectivity index (χ4v) is 2.69. The van der Waals surface area contributed by atoms with E-state index in [1.807, 2.05) is 0 Å². The van der Waals surface area contributed by atoms with Gasteiger partial charge in [-0.1, -0.05) is 12.1 Å². The van der Waals surface area contributed by atoms with E-state index in [4.69, 9.17) is 0 Å². The molecule has 21 heavy (non-hydrogen) atoms. The van der Waals surface area contributed by atoms with Crippen LogP contribution in [0.4, 0.5) is 5.69 Å². The Labute approximate surface area is 122 Å². The minimum Gasteiger partial charge on any atom is -0.465 e. The van der Waals surface area contributed by atoms with Gasteiger partial charge in [-0.2, -0.15) is 4.31 Å². The lowest BCUT2D eigenvalue weighted by Crippen LogP contribution is -2.33. The molecule has 0 saturated heterocycles. The zero-order chi connectivity index (χ0) is 16.0. The van der Waals surface area contributed by atoms with Gasteiger partial charge in [0.25, 0.3) is 5.69 Å². The van der Waals surface area contributed by atoms with E-state index in [0.717, 1.165) is 4.31 Å². The molecule has 0 unspecified atom stereocenters. The molecule has 0 aliphatic rings. The second kappa shape index (κ2) is 7.14. The number of carbonyl (C=O) groups excluding carboxylic acids is 1. The molecule has 0 spiro atoms. The molecule has 0 amide bonds. The summed E-state index contributed by atoms with van der Waals surface area (Å²) in [6, 6.07) is 5.35. The van der Waals surface area contributed by atoms with Gasteiger partial charge in [0.2, 0.25) is 10.0 Å². The number of ether oxygens (including phenoxy) is 1. The number of likely N-dealkylation sites (N-methyl/N-ethyl adjacent to an activating group) is 1. The summed E-state index contributed by atoms with van der Waals surface area (Å²) in [5.41, 5.74) is 0.0932. The van der Waals surface area contributed by atoms with Crippen LogP contribution in [0, 0.1) is 10.1 Å². The minimum absolute atomic E-state index is 0.164. The monoisotopic (exact) mass is 316 g/mol. The lowest BCUT2D eigenvalue weighted by Gasteiger charge is -2.16. The van der Waals surface area contributed by atoms with Crippen molar-refractivity contribution >= 4 is 21.7 Å². The van der Waals surface area contributed by atoms with E-state index in [-0.39, 0.29) is 17.9 Å². The number of sulfonamides is 1. The van der Waals surface area contributed by atoms with Crippen molar-refractivity contribution < 1.29 is 22.9 Å². The van der Waals surface area contributed by atoms with Gasteiger partial charge in [-0.25, -0.2) is 8.42 Å². The molecule has 0 N–H and O–H groups in total. The molecule has 0 heterocycles. The first kappa shape index (κ1) is 17.1. The third-order valence-corrected chi connectivity index (χ3v) is 4.38. The van der Waals surface area contributed by atoms with Gasteiger partial charge in [0.1, 0.15) is 6.54 Å². The molecule has 116 valence electrons. The first-order chi connectivity index (χ1) is 9.76. The van der Waals surface area contributed by atoms with Gasteiger partial charge in [-0.3, -0.25) is 14.9 Å². The van der Waals surface area contributed by atoms with Crippen LogP contribution in [0.3, 0.4) is 0 Å². The molecule has 0 saturated carbocycles. The van der Waals surface area contributed by atoms with Crippen LogP contribution in [-0.4, -0.2) is 43.8 Å². The maximum Gasteiger partial charge on any atom is 0.321 e. The lowest BCUT2D eigenvalue weighted by molar-refractivity contribution is -0.384. The summed E-state index contributed by atoms with van der Waals surface area (Å²) in [6.07, 6.45) is 0. The maximum absolute atomic E-state index is 12.1. The smallest absolute Gasteiger partial charge is 0.321 e. The number of carbonyl (C=O) groups is 1. The minimum atomic E-state index is -3.76. The fraction of sp³-hybridized carbons (Fsp3) is 0.417. The second-order valence-corrected chi connectivity index (χ2v) is 6.32. The number of nitro benzene ring substituents is 1. The highest BCUT2D eigenvalue weighted by atomic mass is 32.2. The van der Waals surface area contributed by atoms with E-state index in [0.29, 0.717) is 0 Å². The Kier molecular flexibility index (Phi) is 5.79. The summed E-state index contributed by atoms with van der Waals surface area (Å²) in [5.74, 6) is -1.08. The predicted octanol–water partition coefficient (Wildman–Crippen LogP) is 0.919. The summed E-state index contributed by atoms with van der Waals surface area (Å²) in [5, 5.41) is 10.7. The summed E-state index contributed by atoms with van der Waals surface area (Å²) in [4.78, 5) is 21.3. The van der Waals surface area contributed by atoms with Crippen LogP contribution in [0.2, 0.25) is 0 Å². The summed E-state index contributed by atoms with van der Waals surface area (Å²) in [6.45, 7) is 1.39. The van der Waals surface area contributed by atoms with Crippen LogP contribution < -0.4 is 0 Å². The molecule has 1 aromatic carbocycles. The molecule has 9 heteroatoms. The van der Waals surface area contributed by atoms with Crippen LogP contribution in [-0.2, 0) is 25.3 Å². The molecule has 1 rings (SSSR count). The van der Waals surface area contributed by atoms with Gasteiger partial charge in [-0.15, -0.1) is 0 Å². The summed E-state index contributed by atoms with van der Waals surface area (Å²) < 4.78 is 29.7. The van der Waals surface area contributed by atoms with Gasteiger partial charge in [0.15, 0.2) is 0 Å². The Morgan fingerprint density at radius 2 is 2.10 bits per heavy atom. The van der Waals surface area contributed by atoms with Crippen molar-refractivity contribution in [2.75, 3.05) is 20.2 Å². The highest BCUT2D eigenvalue weighted by Crippen LogP contribution is 2.16. The largest absolute Gasteiger partial charge is 0.465 e. The first-order valence-electron chi connectivity index (χ1n) is 6.09. The van der Waals surface area contributed by atoms with E-state index in [2.05, 4.69) is 4.74 Å². The zero-order valence-corrected chi connectivity index (χ0v) is 12.5. The molecule has 0 radical (unpaired) electrons. The fourth-order valence-electron chi connectivity index (χ4n) is 1.57. The number of non-ortho nitro benzene ring substituents is 1. The van der Waals surface area contributed by atoms with Crippen LogP contribution in [0.15, 0.2) is 24.3 Å². The van der Waals surface area contributed by atoms with Gasteiger partial charge < -0.3 is 4.74 Å². The number of hydrogen-bond donors (Lipinski definition) is 0. The van der Waals surface area contributed by atoms with Crippen molar-refractivity contribution in [1.82, 2.24) is 4.31 Å². The first-order valence-corrected chi connectivity index (χ1v) is 7.70. The van der Waals surface area contributed by atoms with Crippen molar-refractivity contribution in [2.45, 2.75) is 12.7 Å². The topological polar surface area (TPSA) is 107 Å². The average Bonchev–Trinajstić information content (AvgIpc) is 2.38. The van der Waals surface area contributed by atoms with E-state index < -0.39 is 33.2 Å². The standard InChI is InChI=1S/C12H16N2O6S/c1-3-20-12(15)8-13(2)21(18,19)9-10-5-4-6-11(7-10)14(16)17/h4-7H,3,8-9H2,1-2H3. The molecule has 0 atom stereocenters. The molecular weight excluding hydrogens is 300 g/mol. The number of esters is 1.